The summed E-state index contributed by atoms with van der Waals surface area (Å²) >= 11 is 0. The van der Waals surface area contributed by atoms with E-state index in [1.807, 2.05) is 13.0 Å². The van der Waals surface area contributed by atoms with E-state index >= 15 is 0 Å². The van der Waals surface area contributed by atoms with E-state index in [4.69, 9.17) is 5.11 Å². The zero-order valence-corrected chi connectivity index (χ0v) is 6.41. The summed E-state index contributed by atoms with van der Waals surface area (Å²) in [6, 6.07) is 1.83. The Labute approximate surface area is 65.7 Å². The number of aryl methyl sites for hydroxylation is 1. The van der Waals surface area contributed by atoms with Crippen molar-refractivity contribution in [2.24, 2.45) is 0 Å². The van der Waals surface area contributed by atoms with Crippen LogP contribution in [0.5, 0.6) is 0 Å². The van der Waals surface area contributed by atoms with Crippen molar-refractivity contribution in [3.8, 4) is 11.8 Å². The van der Waals surface area contributed by atoms with Crippen molar-refractivity contribution in [3.63, 3.8) is 0 Å². The van der Waals surface area contributed by atoms with Crippen LogP contribution in [0.2, 0.25) is 0 Å². The van der Waals surface area contributed by atoms with Crippen LogP contribution in [0.4, 0.5) is 0 Å². The van der Waals surface area contributed by atoms with Gasteiger partial charge in [-0.15, -0.1) is 0 Å². The maximum Gasteiger partial charge on any atom is 0.111 e. The number of hydrogen-bond donors (Lipinski definition) is 1. The second-order valence-electron chi connectivity index (χ2n) is 1.99. The van der Waals surface area contributed by atoms with Crippen molar-refractivity contribution >= 4 is 0 Å². The minimum atomic E-state index is -0.102. The Kier molecular flexibility index (Phi) is 2.70. The normalized spacial score (nSPS) is 8.91. The van der Waals surface area contributed by atoms with Crippen molar-refractivity contribution < 1.29 is 5.11 Å². The average molecular weight is 150 g/mol. The third kappa shape index (κ3) is 1.82. The van der Waals surface area contributed by atoms with Gasteiger partial charge in [0, 0.05) is 6.54 Å². The van der Waals surface area contributed by atoms with E-state index < -0.39 is 0 Å². The van der Waals surface area contributed by atoms with Crippen LogP contribution in [0.15, 0.2) is 12.3 Å². The van der Waals surface area contributed by atoms with Crippen molar-refractivity contribution in [2.75, 3.05) is 6.61 Å². The molecule has 0 fully saturated rings. The van der Waals surface area contributed by atoms with Crippen LogP contribution >= 0.6 is 0 Å². The highest BCUT2D eigenvalue weighted by Crippen LogP contribution is 1.94. The summed E-state index contributed by atoms with van der Waals surface area (Å²) in [5.74, 6) is 5.36. The summed E-state index contributed by atoms with van der Waals surface area (Å²) < 4.78 is 1.78. The van der Waals surface area contributed by atoms with Crippen LogP contribution in [0.3, 0.4) is 0 Å². The van der Waals surface area contributed by atoms with Gasteiger partial charge in [0.05, 0.1) is 6.20 Å². The SMILES string of the molecule is CCn1nccc1C#CCO. The Bertz CT molecular complexity index is 280. The first-order chi connectivity index (χ1) is 5.38. The van der Waals surface area contributed by atoms with E-state index in [-0.39, 0.29) is 6.61 Å². The number of aliphatic hydroxyl groups is 1. The topological polar surface area (TPSA) is 38.0 Å². The van der Waals surface area contributed by atoms with E-state index in [0.29, 0.717) is 0 Å². The largest absolute Gasteiger partial charge is 0.384 e. The van der Waals surface area contributed by atoms with Gasteiger partial charge in [-0.3, -0.25) is 4.68 Å². The molecule has 1 aromatic heterocycles. The molecule has 0 bridgehead atoms. The molecule has 1 heterocycles. The molecule has 0 atom stereocenters. The van der Waals surface area contributed by atoms with Gasteiger partial charge in [-0.05, 0) is 18.9 Å². The number of hydrogen-bond acceptors (Lipinski definition) is 2. The maximum absolute atomic E-state index is 8.43. The molecule has 1 rings (SSSR count). The van der Waals surface area contributed by atoms with Gasteiger partial charge in [-0.25, -0.2) is 0 Å². The number of aliphatic hydroxyl groups excluding tert-OH is 1. The van der Waals surface area contributed by atoms with Gasteiger partial charge in [-0.1, -0.05) is 5.92 Å². The minimum absolute atomic E-state index is 0.102. The van der Waals surface area contributed by atoms with Crippen molar-refractivity contribution in [1.29, 1.82) is 0 Å². The summed E-state index contributed by atoms with van der Waals surface area (Å²) in [7, 11) is 0. The third-order valence-corrected chi connectivity index (χ3v) is 1.31. The Morgan fingerprint density at radius 2 is 2.55 bits per heavy atom. The van der Waals surface area contributed by atoms with Gasteiger partial charge in [0.15, 0.2) is 0 Å². The monoisotopic (exact) mass is 150 g/mol. The van der Waals surface area contributed by atoms with Crippen molar-refractivity contribution in [2.45, 2.75) is 13.5 Å². The fourth-order valence-corrected chi connectivity index (χ4v) is 0.821. The predicted octanol–water partition coefficient (Wildman–Crippen LogP) is 0.247. The average Bonchev–Trinajstić information content (AvgIpc) is 2.47. The first kappa shape index (κ1) is 7.83. The zero-order valence-electron chi connectivity index (χ0n) is 6.41. The Balaban J connectivity index is 2.84. The van der Waals surface area contributed by atoms with Crippen molar-refractivity contribution in [1.82, 2.24) is 9.78 Å². The Hall–Kier alpha value is -1.27. The summed E-state index contributed by atoms with van der Waals surface area (Å²) in [5, 5.41) is 12.4. The lowest BCUT2D eigenvalue weighted by atomic mass is 10.4. The molecule has 58 valence electrons. The van der Waals surface area contributed by atoms with Gasteiger partial charge >= 0.3 is 0 Å². The van der Waals surface area contributed by atoms with E-state index in [2.05, 4.69) is 16.9 Å². The highest BCUT2D eigenvalue weighted by atomic mass is 16.2. The standard InChI is InChI=1S/C8H10N2O/c1-2-10-8(4-3-7-11)5-6-9-10/h5-6,11H,2,7H2,1H3. The number of rotatable bonds is 1. The molecular formula is C8H10N2O. The molecule has 0 aliphatic carbocycles. The molecule has 1 aromatic rings. The Morgan fingerprint density at radius 3 is 3.18 bits per heavy atom. The summed E-state index contributed by atoms with van der Waals surface area (Å²) in [6.45, 7) is 2.70. The van der Waals surface area contributed by atoms with E-state index in [0.717, 1.165) is 12.2 Å². The van der Waals surface area contributed by atoms with Gasteiger partial charge in [0.1, 0.15) is 12.3 Å². The quantitative estimate of drug-likeness (QED) is 0.582. The lowest BCUT2D eigenvalue weighted by Crippen LogP contribution is -1.98. The molecule has 0 saturated carbocycles. The van der Waals surface area contributed by atoms with Crippen LogP contribution < -0.4 is 0 Å². The zero-order chi connectivity index (χ0) is 8.10. The molecule has 0 amide bonds. The van der Waals surface area contributed by atoms with Crippen LogP contribution in [-0.4, -0.2) is 21.5 Å². The second-order valence-corrected chi connectivity index (χ2v) is 1.99. The highest BCUT2D eigenvalue weighted by molar-refractivity contribution is 5.26. The van der Waals surface area contributed by atoms with E-state index in [1.165, 1.54) is 0 Å². The van der Waals surface area contributed by atoms with E-state index in [9.17, 15) is 0 Å². The lowest BCUT2D eigenvalue weighted by Gasteiger charge is -1.94. The molecule has 11 heavy (non-hydrogen) atoms. The first-order valence-electron chi connectivity index (χ1n) is 3.50. The minimum Gasteiger partial charge on any atom is -0.384 e. The highest BCUT2D eigenvalue weighted by Gasteiger charge is 1.93. The van der Waals surface area contributed by atoms with Gasteiger partial charge in [0.2, 0.25) is 0 Å². The summed E-state index contributed by atoms with van der Waals surface area (Å²) in [5.41, 5.74) is 0.849. The van der Waals surface area contributed by atoms with Crippen LogP contribution in [0, 0.1) is 11.8 Å². The smallest absolute Gasteiger partial charge is 0.111 e. The third-order valence-electron chi connectivity index (χ3n) is 1.31. The number of aromatic nitrogens is 2. The molecule has 0 aromatic carbocycles. The van der Waals surface area contributed by atoms with Crippen LogP contribution in [0.1, 0.15) is 12.6 Å². The lowest BCUT2D eigenvalue weighted by molar-refractivity contribution is 0.350. The predicted molar refractivity (Wildman–Crippen MR) is 41.9 cm³/mol. The molecule has 3 heteroatoms. The van der Waals surface area contributed by atoms with Gasteiger partial charge < -0.3 is 5.11 Å². The molecule has 0 aliphatic rings. The first-order valence-corrected chi connectivity index (χ1v) is 3.50. The van der Waals surface area contributed by atoms with E-state index in [1.54, 1.807) is 10.9 Å². The second kappa shape index (κ2) is 3.79. The van der Waals surface area contributed by atoms with Crippen molar-refractivity contribution in [3.05, 3.63) is 18.0 Å². The molecular weight excluding hydrogens is 140 g/mol. The Morgan fingerprint density at radius 1 is 1.73 bits per heavy atom. The maximum atomic E-state index is 8.43. The molecule has 0 spiro atoms. The van der Waals surface area contributed by atoms with Gasteiger partial charge in [-0.2, -0.15) is 5.10 Å². The molecule has 0 saturated heterocycles. The van der Waals surface area contributed by atoms with Crippen LogP contribution in [0.25, 0.3) is 0 Å². The molecule has 0 aliphatic heterocycles. The molecule has 0 unspecified atom stereocenters. The molecule has 3 nitrogen and oxygen atoms in total. The number of nitrogens with zero attached hydrogens (tertiary/aromatic N) is 2. The summed E-state index contributed by atoms with van der Waals surface area (Å²) in [4.78, 5) is 0. The molecule has 0 radical (unpaired) electrons. The van der Waals surface area contributed by atoms with Crippen LogP contribution in [-0.2, 0) is 6.54 Å². The fourth-order valence-electron chi connectivity index (χ4n) is 0.821. The fraction of sp³-hybridized carbons (Fsp3) is 0.375. The summed E-state index contributed by atoms with van der Waals surface area (Å²) in [6.07, 6.45) is 1.70. The molecule has 1 N–H and O–H groups in total. The van der Waals surface area contributed by atoms with Gasteiger partial charge in [0.25, 0.3) is 0 Å².